The van der Waals surface area contributed by atoms with Gasteiger partial charge in [-0.1, -0.05) is 0 Å². The van der Waals surface area contributed by atoms with E-state index >= 15 is 0 Å². The molecule has 2 nitrogen and oxygen atoms in total. The van der Waals surface area contributed by atoms with Gasteiger partial charge in [0.2, 0.25) is 5.24 Å². The van der Waals surface area contributed by atoms with E-state index in [-0.39, 0.29) is 11.3 Å². The summed E-state index contributed by atoms with van der Waals surface area (Å²) >= 11 is 6.86. The first-order valence-corrected chi connectivity index (χ1v) is 3.84. The summed E-state index contributed by atoms with van der Waals surface area (Å²) in [6.07, 6.45) is 0. The molecule has 0 aromatic carbocycles. The minimum absolute atomic E-state index is 0.0957. The SMILES string of the molecule is O=C(Cl)[C@@H]1CSCN1. The second kappa shape index (κ2) is 2.71. The largest absolute Gasteiger partial charge is 0.297 e. The Morgan fingerprint density at radius 1 is 1.88 bits per heavy atom. The second-order valence-corrected chi connectivity index (χ2v) is 2.98. The standard InChI is InChI=1S/C4H6ClNOS/c5-4(7)3-1-8-2-6-3/h3,6H,1-2H2/t3-/m0/s1. The number of hydrogen-bond acceptors (Lipinski definition) is 3. The zero-order valence-electron chi connectivity index (χ0n) is 4.19. The molecular weight excluding hydrogens is 146 g/mol. The van der Waals surface area contributed by atoms with Crippen LogP contribution in [0.4, 0.5) is 0 Å². The number of nitrogens with one attached hydrogen (secondary N) is 1. The van der Waals surface area contributed by atoms with Gasteiger partial charge in [0.15, 0.2) is 0 Å². The molecule has 1 aliphatic heterocycles. The van der Waals surface area contributed by atoms with Gasteiger partial charge in [0.05, 0.1) is 6.04 Å². The molecule has 1 atom stereocenters. The molecule has 1 fully saturated rings. The molecule has 0 amide bonds. The highest BCUT2D eigenvalue weighted by molar-refractivity contribution is 7.99. The van der Waals surface area contributed by atoms with Gasteiger partial charge >= 0.3 is 0 Å². The van der Waals surface area contributed by atoms with Crippen LogP contribution in [-0.2, 0) is 4.79 Å². The van der Waals surface area contributed by atoms with Gasteiger partial charge in [-0.2, -0.15) is 0 Å². The fourth-order valence-corrected chi connectivity index (χ4v) is 1.73. The molecule has 0 aliphatic carbocycles. The molecule has 1 heterocycles. The van der Waals surface area contributed by atoms with Crippen molar-refractivity contribution in [1.82, 2.24) is 5.32 Å². The zero-order valence-corrected chi connectivity index (χ0v) is 5.76. The molecule has 0 radical (unpaired) electrons. The summed E-state index contributed by atoms with van der Waals surface area (Å²) in [5, 5.41) is 2.67. The first-order valence-electron chi connectivity index (χ1n) is 2.31. The van der Waals surface area contributed by atoms with Crippen LogP contribution in [0.1, 0.15) is 0 Å². The minimum atomic E-state index is -0.269. The Morgan fingerprint density at radius 2 is 2.62 bits per heavy atom. The van der Waals surface area contributed by atoms with E-state index in [0.717, 1.165) is 11.6 Å². The van der Waals surface area contributed by atoms with Gasteiger partial charge in [-0.15, -0.1) is 11.8 Å². The maximum Gasteiger partial charge on any atom is 0.239 e. The van der Waals surface area contributed by atoms with Gasteiger partial charge in [0, 0.05) is 11.6 Å². The molecule has 4 heteroatoms. The van der Waals surface area contributed by atoms with Crippen molar-refractivity contribution in [3.05, 3.63) is 0 Å². The average Bonchev–Trinajstić information content (AvgIpc) is 2.12. The molecule has 0 saturated carbocycles. The molecular formula is C4H6ClNOS. The first kappa shape index (κ1) is 6.39. The molecule has 0 unspecified atom stereocenters. The van der Waals surface area contributed by atoms with E-state index < -0.39 is 0 Å². The van der Waals surface area contributed by atoms with E-state index in [4.69, 9.17) is 11.6 Å². The van der Waals surface area contributed by atoms with Gasteiger partial charge in [0.25, 0.3) is 0 Å². The van der Waals surface area contributed by atoms with Crippen molar-refractivity contribution >= 4 is 28.6 Å². The summed E-state index contributed by atoms with van der Waals surface area (Å²) in [7, 11) is 0. The molecule has 0 spiro atoms. The lowest BCUT2D eigenvalue weighted by Crippen LogP contribution is -2.29. The molecule has 1 aliphatic rings. The van der Waals surface area contributed by atoms with E-state index in [0.29, 0.717) is 0 Å². The summed E-state index contributed by atoms with van der Waals surface area (Å²) < 4.78 is 0. The number of hydrogen-bond donors (Lipinski definition) is 1. The van der Waals surface area contributed by atoms with Crippen LogP contribution in [0.5, 0.6) is 0 Å². The molecule has 0 aromatic rings. The summed E-state index contributed by atoms with van der Waals surface area (Å²) in [5.74, 6) is 1.67. The van der Waals surface area contributed by atoms with E-state index in [2.05, 4.69) is 5.32 Å². The van der Waals surface area contributed by atoms with E-state index in [9.17, 15) is 4.79 Å². The van der Waals surface area contributed by atoms with Crippen molar-refractivity contribution in [3.63, 3.8) is 0 Å². The molecule has 0 bridgehead atoms. The Balaban J connectivity index is 2.35. The normalized spacial score (nSPS) is 28.4. The maximum absolute atomic E-state index is 10.3. The number of carbonyl (C=O) groups is 1. The third-order valence-electron chi connectivity index (χ3n) is 0.990. The number of carbonyl (C=O) groups excluding carboxylic acids is 1. The number of halogens is 1. The quantitative estimate of drug-likeness (QED) is 0.551. The zero-order chi connectivity index (χ0) is 5.98. The van der Waals surface area contributed by atoms with E-state index in [1.165, 1.54) is 0 Å². The van der Waals surface area contributed by atoms with Crippen molar-refractivity contribution < 1.29 is 4.79 Å². The van der Waals surface area contributed by atoms with Gasteiger partial charge < -0.3 is 0 Å². The lowest BCUT2D eigenvalue weighted by atomic mass is 10.4. The Hall–Kier alpha value is 0.270. The molecule has 1 rings (SSSR count). The second-order valence-electron chi connectivity index (χ2n) is 1.58. The van der Waals surface area contributed by atoms with Crippen LogP contribution in [0.25, 0.3) is 0 Å². The number of rotatable bonds is 1. The van der Waals surface area contributed by atoms with Gasteiger partial charge in [-0.25, -0.2) is 0 Å². The minimum Gasteiger partial charge on any atom is -0.297 e. The van der Waals surface area contributed by atoms with E-state index in [1.54, 1.807) is 11.8 Å². The highest BCUT2D eigenvalue weighted by atomic mass is 35.5. The lowest BCUT2D eigenvalue weighted by Gasteiger charge is -1.98. The van der Waals surface area contributed by atoms with Crippen LogP contribution in [0, 0.1) is 0 Å². The van der Waals surface area contributed by atoms with E-state index in [1.807, 2.05) is 0 Å². The maximum atomic E-state index is 10.3. The molecule has 1 N–H and O–H groups in total. The van der Waals surface area contributed by atoms with Crippen LogP contribution < -0.4 is 5.32 Å². The highest BCUT2D eigenvalue weighted by Crippen LogP contribution is 2.10. The summed E-state index contributed by atoms with van der Waals surface area (Å²) in [5.41, 5.74) is 0. The first-order chi connectivity index (χ1) is 3.80. The fourth-order valence-electron chi connectivity index (χ4n) is 0.541. The Morgan fingerprint density at radius 3 is 2.88 bits per heavy atom. The average molecular weight is 152 g/mol. The third-order valence-corrected chi connectivity index (χ3v) is 2.19. The highest BCUT2D eigenvalue weighted by Gasteiger charge is 2.19. The van der Waals surface area contributed by atoms with Crippen LogP contribution >= 0.6 is 23.4 Å². The van der Waals surface area contributed by atoms with Crippen molar-refractivity contribution in [3.8, 4) is 0 Å². The van der Waals surface area contributed by atoms with Crippen LogP contribution in [-0.4, -0.2) is 22.9 Å². The molecule has 0 aromatic heterocycles. The van der Waals surface area contributed by atoms with Crippen LogP contribution in [0.3, 0.4) is 0 Å². The summed E-state index contributed by atoms with van der Waals surface area (Å²) in [6, 6.07) is -0.0957. The Kier molecular flexibility index (Phi) is 2.16. The van der Waals surface area contributed by atoms with Gasteiger partial charge in [-0.3, -0.25) is 10.1 Å². The monoisotopic (exact) mass is 151 g/mol. The van der Waals surface area contributed by atoms with Crippen molar-refractivity contribution in [2.45, 2.75) is 6.04 Å². The van der Waals surface area contributed by atoms with Crippen molar-refractivity contribution in [1.29, 1.82) is 0 Å². The fraction of sp³-hybridized carbons (Fsp3) is 0.750. The van der Waals surface area contributed by atoms with Crippen molar-refractivity contribution in [2.75, 3.05) is 11.6 Å². The molecule has 1 saturated heterocycles. The number of thioether (sulfide) groups is 1. The predicted molar refractivity (Wildman–Crippen MR) is 35.1 cm³/mol. The Labute approximate surface area is 57.0 Å². The van der Waals surface area contributed by atoms with Gasteiger partial charge in [0.1, 0.15) is 0 Å². The Bertz CT molecular complexity index is 102. The predicted octanol–water partition coefficient (Wildman–Crippen LogP) is 0.414. The molecule has 46 valence electrons. The van der Waals surface area contributed by atoms with Crippen LogP contribution in [0.2, 0.25) is 0 Å². The smallest absolute Gasteiger partial charge is 0.239 e. The molecule has 8 heavy (non-hydrogen) atoms. The third kappa shape index (κ3) is 1.37. The van der Waals surface area contributed by atoms with Crippen LogP contribution in [0.15, 0.2) is 0 Å². The summed E-state index contributed by atoms with van der Waals surface area (Å²) in [4.78, 5) is 10.3. The summed E-state index contributed by atoms with van der Waals surface area (Å²) in [6.45, 7) is 0. The van der Waals surface area contributed by atoms with Gasteiger partial charge in [-0.05, 0) is 11.6 Å². The topological polar surface area (TPSA) is 29.1 Å². The van der Waals surface area contributed by atoms with Crippen molar-refractivity contribution in [2.24, 2.45) is 0 Å². The lowest BCUT2D eigenvalue weighted by molar-refractivity contribution is -0.112.